The Balaban J connectivity index is 1.62. The molecule has 124 valence electrons. The number of hydrogen-bond donors (Lipinski definition) is 2. The standard InChI is InChI=1S/C14H20N6O3/c1-8-6-12(19-23-8)16-14(21)9(2)20-4-5-22-11(7-20)13-15-10(3)17-18-13/h6,9,11H,4-5,7H2,1-3H3,(H,15,17,18)(H,16,19,21)/t9-,11-/m1/s1. The van der Waals surface area contributed by atoms with Crippen LogP contribution in [0.1, 0.15) is 30.4 Å². The van der Waals surface area contributed by atoms with Crippen molar-refractivity contribution >= 4 is 11.7 Å². The van der Waals surface area contributed by atoms with Crippen LogP contribution in [0.2, 0.25) is 0 Å². The van der Waals surface area contributed by atoms with E-state index in [2.05, 4.69) is 25.7 Å². The van der Waals surface area contributed by atoms with Crippen LogP contribution in [-0.2, 0) is 9.53 Å². The van der Waals surface area contributed by atoms with Gasteiger partial charge in [0.2, 0.25) is 5.91 Å². The summed E-state index contributed by atoms with van der Waals surface area (Å²) in [5, 5.41) is 13.5. The number of aryl methyl sites for hydroxylation is 2. The quantitative estimate of drug-likeness (QED) is 0.858. The number of hydrogen-bond acceptors (Lipinski definition) is 7. The van der Waals surface area contributed by atoms with Crippen LogP contribution in [-0.4, -0.2) is 56.9 Å². The van der Waals surface area contributed by atoms with Crippen molar-refractivity contribution in [3.8, 4) is 0 Å². The Hall–Kier alpha value is -2.26. The van der Waals surface area contributed by atoms with Crippen molar-refractivity contribution in [2.24, 2.45) is 0 Å². The highest BCUT2D eigenvalue weighted by Crippen LogP contribution is 2.21. The zero-order valence-electron chi connectivity index (χ0n) is 13.4. The summed E-state index contributed by atoms with van der Waals surface area (Å²) in [6.07, 6.45) is -0.238. The topological polar surface area (TPSA) is 109 Å². The highest BCUT2D eigenvalue weighted by atomic mass is 16.5. The Morgan fingerprint density at radius 1 is 1.52 bits per heavy atom. The molecule has 0 spiro atoms. The van der Waals surface area contributed by atoms with Gasteiger partial charge in [0, 0.05) is 19.2 Å². The molecule has 1 fully saturated rings. The Morgan fingerprint density at radius 3 is 3.00 bits per heavy atom. The van der Waals surface area contributed by atoms with Gasteiger partial charge >= 0.3 is 0 Å². The van der Waals surface area contributed by atoms with Gasteiger partial charge in [0.15, 0.2) is 11.6 Å². The molecule has 0 unspecified atom stereocenters. The predicted molar refractivity (Wildman–Crippen MR) is 80.7 cm³/mol. The van der Waals surface area contributed by atoms with E-state index in [1.54, 1.807) is 13.0 Å². The Morgan fingerprint density at radius 2 is 2.35 bits per heavy atom. The van der Waals surface area contributed by atoms with Gasteiger partial charge in [-0.15, -0.1) is 0 Å². The summed E-state index contributed by atoms with van der Waals surface area (Å²) in [4.78, 5) is 18.7. The van der Waals surface area contributed by atoms with E-state index in [0.717, 1.165) is 5.82 Å². The smallest absolute Gasteiger partial charge is 0.242 e. The van der Waals surface area contributed by atoms with Gasteiger partial charge < -0.3 is 14.6 Å². The number of aromatic nitrogens is 4. The number of morpholine rings is 1. The SMILES string of the molecule is Cc1nc([C@H]2CN([C@H](C)C(=O)Nc3cc(C)on3)CCO2)n[nH]1. The molecule has 2 atom stereocenters. The normalized spacial score (nSPS) is 20.4. The maximum Gasteiger partial charge on any atom is 0.242 e. The van der Waals surface area contributed by atoms with Crippen LogP contribution in [0, 0.1) is 13.8 Å². The van der Waals surface area contributed by atoms with Gasteiger partial charge in [-0.25, -0.2) is 4.98 Å². The number of nitrogens with one attached hydrogen (secondary N) is 2. The maximum atomic E-state index is 12.4. The summed E-state index contributed by atoms with van der Waals surface area (Å²) < 4.78 is 10.7. The van der Waals surface area contributed by atoms with E-state index in [4.69, 9.17) is 9.26 Å². The Bertz CT molecular complexity index is 682. The Kier molecular flexibility index (Phi) is 4.39. The first-order valence-electron chi connectivity index (χ1n) is 7.51. The third-order valence-corrected chi connectivity index (χ3v) is 3.81. The van der Waals surface area contributed by atoms with Crippen molar-refractivity contribution in [1.82, 2.24) is 25.2 Å². The summed E-state index contributed by atoms with van der Waals surface area (Å²) in [5.41, 5.74) is 0. The molecule has 0 aliphatic carbocycles. The molecular weight excluding hydrogens is 300 g/mol. The predicted octanol–water partition coefficient (Wildman–Crippen LogP) is 0.810. The molecule has 0 saturated carbocycles. The molecule has 2 aromatic rings. The van der Waals surface area contributed by atoms with Crippen molar-refractivity contribution in [1.29, 1.82) is 0 Å². The fourth-order valence-electron chi connectivity index (χ4n) is 2.50. The molecule has 0 bridgehead atoms. The van der Waals surface area contributed by atoms with E-state index in [1.807, 2.05) is 18.7 Å². The summed E-state index contributed by atoms with van der Waals surface area (Å²) in [6.45, 7) is 7.23. The van der Waals surface area contributed by atoms with Gasteiger partial charge in [0.25, 0.3) is 0 Å². The number of amides is 1. The average Bonchev–Trinajstić information content (AvgIpc) is 3.15. The second-order valence-corrected chi connectivity index (χ2v) is 5.62. The highest BCUT2D eigenvalue weighted by Gasteiger charge is 2.30. The van der Waals surface area contributed by atoms with Crippen molar-refractivity contribution in [2.45, 2.75) is 32.9 Å². The first-order valence-corrected chi connectivity index (χ1v) is 7.51. The molecule has 2 N–H and O–H groups in total. The van der Waals surface area contributed by atoms with Gasteiger partial charge in [0.05, 0.1) is 12.6 Å². The molecule has 3 rings (SSSR count). The minimum Gasteiger partial charge on any atom is -0.367 e. The molecule has 9 heteroatoms. The largest absolute Gasteiger partial charge is 0.367 e. The number of nitrogens with zero attached hydrogens (tertiary/aromatic N) is 4. The fourth-order valence-corrected chi connectivity index (χ4v) is 2.50. The molecule has 1 aliphatic rings. The zero-order chi connectivity index (χ0) is 16.4. The molecule has 0 radical (unpaired) electrons. The van der Waals surface area contributed by atoms with Gasteiger partial charge in [-0.05, 0) is 20.8 Å². The van der Waals surface area contributed by atoms with Crippen molar-refractivity contribution < 1.29 is 14.1 Å². The molecule has 2 aromatic heterocycles. The van der Waals surface area contributed by atoms with E-state index < -0.39 is 0 Å². The molecule has 1 amide bonds. The number of carbonyl (C=O) groups excluding carboxylic acids is 1. The molecule has 23 heavy (non-hydrogen) atoms. The average molecular weight is 320 g/mol. The lowest BCUT2D eigenvalue weighted by Crippen LogP contribution is -2.48. The highest BCUT2D eigenvalue weighted by molar-refractivity contribution is 5.93. The second kappa shape index (κ2) is 6.47. The fraction of sp³-hybridized carbons (Fsp3) is 0.571. The van der Waals surface area contributed by atoms with E-state index in [0.29, 0.717) is 37.1 Å². The van der Waals surface area contributed by atoms with Crippen LogP contribution in [0.3, 0.4) is 0 Å². The molecule has 1 saturated heterocycles. The summed E-state index contributed by atoms with van der Waals surface area (Å²) in [6, 6.07) is 1.36. The van der Waals surface area contributed by atoms with Gasteiger partial charge in [-0.3, -0.25) is 14.8 Å². The summed E-state index contributed by atoms with van der Waals surface area (Å²) in [7, 11) is 0. The maximum absolute atomic E-state index is 12.4. The first kappa shape index (κ1) is 15.6. The number of anilines is 1. The van der Waals surface area contributed by atoms with Crippen LogP contribution in [0.15, 0.2) is 10.6 Å². The van der Waals surface area contributed by atoms with E-state index in [-0.39, 0.29) is 18.1 Å². The second-order valence-electron chi connectivity index (χ2n) is 5.62. The van der Waals surface area contributed by atoms with Crippen LogP contribution < -0.4 is 5.32 Å². The van der Waals surface area contributed by atoms with Crippen LogP contribution in [0.25, 0.3) is 0 Å². The van der Waals surface area contributed by atoms with Gasteiger partial charge in [-0.2, -0.15) is 5.10 Å². The van der Waals surface area contributed by atoms with Crippen LogP contribution in [0.5, 0.6) is 0 Å². The number of aromatic amines is 1. The number of H-pyrrole nitrogens is 1. The third kappa shape index (κ3) is 3.57. The van der Waals surface area contributed by atoms with E-state index >= 15 is 0 Å². The summed E-state index contributed by atoms with van der Waals surface area (Å²) in [5.74, 6) is 2.30. The van der Waals surface area contributed by atoms with Crippen LogP contribution >= 0.6 is 0 Å². The molecule has 3 heterocycles. The number of carbonyl (C=O) groups is 1. The molecule has 0 aromatic carbocycles. The van der Waals surface area contributed by atoms with Crippen molar-refractivity contribution in [2.75, 3.05) is 25.0 Å². The Labute approximate surface area is 133 Å². The lowest BCUT2D eigenvalue weighted by Gasteiger charge is -2.34. The third-order valence-electron chi connectivity index (χ3n) is 3.81. The van der Waals surface area contributed by atoms with E-state index in [1.165, 1.54) is 0 Å². The molecular formula is C14H20N6O3. The molecule has 1 aliphatic heterocycles. The van der Waals surface area contributed by atoms with E-state index in [9.17, 15) is 4.79 Å². The van der Waals surface area contributed by atoms with Crippen molar-refractivity contribution in [3.63, 3.8) is 0 Å². The number of ether oxygens (including phenoxy) is 1. The van der Waals surface area contributed by atoms with Crippen LogP contribution in [0.4, 0.5) is 5.82 Å². The minimum atomic E-state index is -0.321. The zero-order valence-corrected chi connectivity index (χ0v) is 13.4. The summed E-state index contributed by atoms with van der Waals surface area (Å²) >= 11 is 0. The lowest BCUT2D eigenvalue weighted by molar-refractivity contribution is -0.124. The van der Waals surface area contributed by atoms with Gasteiger partial charge in [-0.1, -0.05) is 5.16 Å². The minimum absolute atomic E-state index is 0.134. The lowest BCUT2D eigenvalue weighted by atomic mass is 10.2. The van der Waals surface area contributed by atoms with Gasteiger partial charge in [0.1, 0.15) is 17.7 Å². The van der Waals surface area contributed by atoms with Crippen molar-refractivity contribution in [3.05, 3.63) is 23.5 Å². The molecule has 9 nitrogen and oxygen atoms in total. The monoisotopic (exact) mass is 320 g/mol. The number of rotatable bonds is 4. The first-order chi connectivity index (χ1) is 11.0.